The first-order valence-electron chi connectivity index (χ1n) is 11.9. The van der Waals surface area contributed by atoms with Gasteiger partial charge in [0.05, 0.1) is 31.6 Å². The number of nitrogens with zero attached hydrogens (tertiary/aromatic N) is 2. The molecule has 3 aromatic rings. The van der Waals surface area contributed by atoms with E-state index in [4.69, 9.17) is 14.2 Å². The van der Waals surface area contributed by atoms with Crippen LogP contribution in [0.5, 0.6) is 11.5 Å². The van der Waals surface area contributed by atoms with Gasteiger partial charge in [-0.05, 0) is 30.3 Å². The molecular weight excluding hydrogens is 481 g/mol. The van der Waals surface area contributed by atoms with Crippen molar-refractivity contribution >= 4 is 37.1 Å². The number of nitrogens with one attached hydrogen (secondary N) is 1. The Morgan fingerprint density at radius 1 is 1.17 bits per heavy atom. The molecule has 10 heteroatoms. The van der Waals surface area contributed by atoms with Crippen LogP contribution in [0, 0.1) is 11.8 Å². The van der Waals surface area contributed by atoms with Crippen molar-refractivity contribution in [3.05, 3.63) is 36.5 Å². The Morgan fingerprint density at radius 3 is 2.44 bits per heavy atom. The molecule has 1 aromatic carbocycles. The van der Waals surface area contributed by atoms with E-state index in [0.717, 1.165) is 22.6 Å². The van der Waals surface area contributed by atoms with E-state index in [1.807, 2.05) is 35.0 Å². The Bertz CT molecular complexity index is 1250. The zero-order valence-corrected chi connectivity index (χ0v) is 22.2. The molecule has 4 rings (SSSR count). The molecule has 3 unspecified atom stereocenters. The van der Waals surface area contributed by atoms with Gasteiger partial charge in [0.1, 0.15) is 42.2 Å². The number of halogens is 1. The summed E-state index contributed by atoms with van der Waals surface area (Å²) in [5, 5.41) is 3.46. The van der Waals surface area contributed by atoms with E-state index in [-0.39, 0.29) is 12.5 Å². The second-order valence-electron chi connectivity index (χ2n) is 10.1. The Hall–Kier alpha value is -3.24. The first-order valence-corrected chi connectivity index (χ1v) is 15.6. The van der Waals surface area contributed by atoms with E-state index in [9.17, 15) is 14.0 Å². The van der Waals surface area contributed by atoms with Crippen molar-refractivity contribution < 1.29 is 28.2 Å². The van der Waals surface area contributed by atoms with Crippen molar-refractivity contribution in [1.82, 2.24) is 9.55 Å². The van der Waals surface area contributed by atoms with Gasteiger partial charge in [-0.3, -0.25) is 4.79 Å². The highest BCUT2D eigenvalue weighted by atomic mass is 28.3. The number of ether oxygens (including phenoxy) is 3. The maximum atomic E-state index is 13.7. The summed E-state index contributed by atoms with van der Waals surface area (Å²) >= 11 is 0. The number of amides is 1. The molecule has 0 radical (unpaired) electrons. The largest absolute Gasteiger partial charge is 0.496 e. The Labute approximate surface area is 210 Å². The topological polar surface area (TPSA) is 91.7 Å². The number of methoxy groups -OCH3 is 2. The summed E-state index contributed by atoms with van der Waals surface area (Å²) in [7, 11) is 1.95. The summed E-state index contributed by atoms with van der Waals surface area (Å²) in [6.45, 7) is 7.78. The van der Waals surface area contributed by atoms with Gasteiger partial charge >= 0.3 is 0 Å². The number of hydrogen-bond acceptors (Lipinski definition) is 6. The van der Waals surface area contributed by atoms with Crippen LogP contribution in [0.3, 0.4) is 0 Å². The van der Waals surface area contributed by atoms with Crippen LogP contribution in [0.4, 0.5) is 10.2 Å². The van der Waals surface area contributed by atoms with Crippen LogP contribution in [-0.4, -0.2) is 56.8 Å². The lowest BCUT2D eigenvalue weighted by Gasteiger charge is -2.15. The smallest absolute Gasteiger partial charge is 0.232 e. The monoisotopic (exact) mass is 513 g/mol. The summed E-state index contributed by atoms with van der Waals surface area (Å²) in [5.41, 5.74) is 2.20. The number of alkyl halides is 1. The third-order valence-electron chi connectivity index (χ3n) is 6.34. The summed E-state index contributed by atoms with van der Waals surface area (Å²) in [6.07, 6.45) is 0.972. The molecule has 2 heterocycles. The van der Waals surface area contributed by atoms with Crippen molar-refractivity contribution in [2.75, 3.05) is 26.1 Å². The van der Waals surface area contributed by atoms with Gasteiger partial charge in [0.15, 0.2) is 0 Å². The lowest BCUT2D eigenvalue weighted by atomic mass is 10.0. The first kappa shape index (κ1) is 25.8. The number of benzene rings is 1. The number of carbonyl (C=O) groups excluding carboxylic acids is 2. The standard InChI is InChI=1S/C26H32FN3O5Si/c1-33-19-7-6-8-20(34-2)22(19)17-13-30(15-35-11-12-36(3,4)5)25-16(17)9-10-21(28-25)29-26(32)23-18(14-31)24(23)27/h6-10,13-14,18,23-24H,11-12,15H2,1-5H3,(H,28,29,32). The molecule has 192 valence electrons. The third kappa shape index (κ3) is 5.29. The number of fused-ring (bicyclic) bond motifs is 1. The quantitative estimate of drug-likeness (QED) is 0.226. The van der Waals surface area contributed by atoms with Crippen LogP contribution in [-0.2, 0) is 21.1 Å². The zero-order valence-electron chi connectivity index (χ0n) is 21.2. The minimum absolute atomic E-state index is 0.269. The van der Waals surface area contributed by atoms with E-state index in [2.05, 4.69) is 29.9 Å². The van der Waals surface area contributed by atoms with Crippen molar-refractivity contribution in [2.24, 2.45) is 11.8 Å². The van der Waals surface area contributed by atoms with E-state index < -0.39 is 32.0 Å². The summed E-state index contributed by atoms with van der Waals surface area (Å²) < 4.78 is 32.9. The van der Waals surface area contributed by atoms with Crippen molar-refractivity contribution in [1.29, 1.82) is 0 Å². The van der Waals surface area contributed by atoms with Crippen LogP contribution in [0.2, 0.25) is 25.7 Å². The highest BCUT2D eigenvalue weighted by Gasteiger charge is 2.56. The van der Waals surface area contributed by atoms with E-state index in [1.54, 1.807) is 20.3 Å². The van der Waals surface area contributed by atoms with E-state index >= 15 is 0 Å². The summed E-state index contributed by atoms with van der Waals surface area (Å²) in [5.74, 6) is -0.841. The number of hydrogen-bond donors (Lipinski definition) is 1. The van der Waals surface area contributed by atoms with E-state index in [0.29, 0.717) is 30.0 Å². The minimum atomic E-state index is -1.44. The van der Waals surface area contributed by atoms with Gasteiger partial charge in [0, 0.05) is 31.8 Å². The molecule has 8 nitrogen and oxygen atoms in total. The van der Waals surface area contributed by atoms with E-state index in [1.165, 1.54) is 0 Å². The van der Waals surface area contributed by atoms with Crippen LogP contribution in [0.1, 0.15) is 0 Å². The molecule has 1 amide bonds. The molecule has 1 aliphatic rings. The maximum absolute atomic E-state index is 13.7. The van der Waals surface area contributed by atoms with Crippen LogP contribution >= 0.6 is 0 Å². The average Bonchev–Trinajstić information content (AvgIpc) is 3.39. The molecule has 1 saturated carbocycles. The van der Waals surface area contributed by atoms with Crippen LogP contribution < -0.4 is 14.8 Å². The predicted molar refractivity (Wildman–Crippen MR) is 139 cm³/mol. The van der Waals surface area contributed by atoms with Crippen LogP contribution in [0.25, 0.3) is 22.2 Å². The molecule has 0 aliphatic heterocycles. The molecule has 1 aliphatic carbocycles. The number of anilines is 1. The number of rotatable bonds is 11. The lowest BCUT2D eigenvalue weighted by molar-refractivity contribution is -0.119. The second-order valence-corrected chi connectivity index (χ2v) is 15.8. The number of aldehydes is 1. The molecular formula is C26H32FN3O5Si. The van der Waals surface area contributed by atoms with Gasteiger partial charge < -0.3 is 28.9 Å². The predicted octanol–water partition coefficient (Wildman–Crippen LogP) is 4.75. The van der Waals surface area contributed by atoms with Gasteiger partial charge in [-0.2, -0.15) is 0 Å². The lowest BCUT2D eigenvalue weighted by Crippen LogP contribution is -2.22. The average molecular weight is 514 g/mol. The first-order chi connectivity index (χ1) is 17.2. The van der Waals surface area contributed by atoms with Gasteiger partial charge in [-0.25, -0.2) is 9.37 Å². The molecule has 1 N–H and O–H groups in total. The highest BCUT2D eigenvalue weighted by Crippen LogP contribution is 2.43. The van der Waals surface area contributed by atoms with Crippen molar-refractivity contribution in [3.8, 4) is 22.6 Å². The summed E-state index contributed by atoms with van der Waals surface area (Å²) in [4.78, 5) is 28.0. The number of aromatic nitrogens is 2. The molecule has 3 atom stereocenters. The normalized spacial score (nSPS) is 19.2. The fraction of sp³-hybridized carbons (Fsp3) is 0.423. The Morgan fingerprint density at radius 2 is 1.86 bits per heavy atom. The number of carbonyl (C=O) groups is 2. The summed E-state index contributed by atoms with van der Waals surface area (Å²) in [6, 6.07) is 10.1. The maximum Gasteiger partial charge on any atom is 0.232 e. The van der Waals surface area contributed by atoms with Gasteiger partial charge in [0.2, 0.25) is 5.91 Å². The molecule has 0 spiro atoms. The Balaban J connectivity index is 1.71. The van der Waals surface area contributed by atoms with Crippen molar-refractivity contribution in [2.45, 2.75) is 38.6 Å². The number of pyridine rings is 1. The van der Waals surface area contributed by atoms with Crippen LogP contribution in [0.15, 0.2) is 36.5 Å². The Kier molecular flexibility index (Phi) is 7.46. The zero-order chi connectivity index (χ0) is 26.0. The van der Waals surface area contributed by atoms with Gasteiger partial charge in [-0.15, -0.1) is 0 Å². The molecule has 0 saturated heterocycles. The third-order valence-corrected chi connectivity index (χ3v) is 8.05. The molecule has 0 bridgehead atoms. The SMILES string of the molecule is COc1cccc(OC)c1-c1cn(COCC[Si](C)(C)C)c2nc(NC(=O)C3C(F)C3C=O)ccc12. The second kappa shape index (κ2) is 10.4. The molecule has 36 heavy (non-hydrogen) atoms. The highest BCUT2D eigenvalue weighted by molar-refractivity contribution is 6.76. The fourth-order valence-electron chi connectivity index (χ4n) is 4.17. The van der Waals surface area contributed by atoms with Gasteiger partial charge in [0.25, 0.3) is 0 Å². The minimum Gasteiger partial charge on any atom is -0.496 e. The van der Waals surface area contributed by atoms with Gasteiger partial charge in [-0.1, -0.05) is 25.7 Å². The molecule has 2 aromatic heterocycles. The van der Waals surface area contributed by atoms with Crippen molar-refractivity contribution in [3.63, 3.8) is 0 Å². The molecule has 1 fully saturated rings. The fourth-order valence-corrected chi connectivity index (χ4v) is 4.93.